The maximum absolute atomic E-state index is 14.7. The molecule has 29 heavy (non-hydrogen) atoms. The van der Waals surface area contributed by atoms with Crippen molar-refractivity contribution in [2.24, 2.45) is 0 Å². The van der Waals surface area contributed by atoms with Gasteiger partial charge in [0, 0.05) is 6.07 Å². The van der Waals surface area contributed by atoms with E-state index in [2.05, 4.69) is 0 Å². The molecule has 0 atom stereocenters. The fraction of sp³-hybridized carbons (Fsp3) is 0.429. The molecule has 0 amide bonds. The third kappa shape index (κ3) is 4.75. The highest BCUT2D eigenvalue weighted by Crippen LogP contribution is 2.41. The minimum atomic E-state index is -5.59. The fourth-order valence-electron chi connectivity index (χ4n) is 2.97. The molecular formula is C21H24F3O4S-. The normalized spacial score (nSPS) is 12.3. The number of halogens is 3. The number of hydrogen-bond acceptors (Lipinski definition) is 4. The Morgan fingerprint density at radius 2 is 1.31 bits per heavy atom. The predicted molar refractivity (Wildman–Crippen MR) is 103 cm³/mol. The fourth-order valence-corrected chi connectivity index (χ4v) is 3.61. The molecule has 0 saturated heterocycles. The summed E-state index contributed by atoms with van der Waals surface area (Å²) in [6.07, 6.45) is 0. The van der Waals surface area contributed by atoms with E-state index in [-0.39, 0.29) is 23.5 Å². The lowest BCUT2D eigenvalue weighted by atomic mass is 9.88. The molecule has 0 aliphatic carbocycles. The van der Waals surface area contributed by atoms with Crippen molar-refractivity contribution in [3.8, 4) is 11.5 Å². The van der Waals surface area contributed by atoms with Gasteiger partial charge in [0.05, 0.1) is 0 Å². The second-order valence-corrected chi connectivity index (χ2v) is 9.18. The third-order valence-corrected chi connectivity index (χ3v) is 5.48. The van der Waals surface area contributed by atoms with Crippen LogP contribution >= 0.6 is 0 Å². The first-order valence-electron chi connectivity index (χ1n) is 9.24. The SMILES string of the molecule is CC(C)c1cc(C(C)C)c(Oc2cc(F)c(F)c(S(=O)(=O)[O-])c2F)c(C(C)C)c1. The molecule has 0 heterocycles. The van der Waals surface area contributed by atoms with E-state index < -0.39 is 38.2 Å². The Morgan fingerprint density at radius 3 is 1.69 bits per heavy atom. The van der Waals surface area contributed by atoms with Crippen molar-refractivity contribution >= 4 is 10.1 Å². The van der Waals surface area contributed by atoms with Crippen molar-refractivity contribution in [1.29, 1.82) is 0 Å². The topological polar surface area (TPSA) is 66.4 Å². The molecular weight excluding hydrogens is 405 g/mol. The minimum Gasteiger partial charge on any atom is -0.744 e. The van der Waals surface area contributed by atoms with Crippen LogP contribution in [-0.4, -0.2) is 13.0 Å². The van der Waals surface area contributed by atoms with Crippen LogP contribution in [0.3, 0.4) is 0 Å². The van der Waals surface area contributed by atoms with Crippen molar-refractivity contribution in [2.45, 2.75) is 64.2 Å². The summed E-state index contributed by atoms with van der Waals surface area (Å²) < 4.78 is 81.7. The molecule has 0 aliphatic heterocycles. The molecule has 4 nitrogen and oxygen atoms in total. The molecule has 0 N–H and O–H groups in total. The van der Waals surface area contributed by atoms with E-state index in [0.29, 0.717) is 17.2 Å². The van der Waals surface area contributed by atoms with Gasteiger partial charge in [0.1, 0.15) is 20.8 Å². The van der Waals surface area contributed by atoms with Gasteiger partial charge >= 0.3 is 0 Å². The highest BCUT2D eigenvalue weighted by molar-refractivity contribution is 7.85. The Morgan fingerprint density at radius 1 is 0.828 bits per heavy atom. The van der Waals surface area contributed by atoms with Crippen molar-refractivity contribution in [3.63, 3.8) is 0 Å². The van der Waals surface area contributed by atoms with Crippen LogP contribution in [0.4, 0.5) is 13.2 Å². The summed E-state index contributed by atoms with van der Waals surface area (Å²) in [5.74, 6) is -6.04. The van der Waals surface area contributed by atoms with Crippen LogP contribution in [0.15, 0.2) is 23.1 Å². The van der Waals surface area contributed by atoms with Gasteiger partial charge in [-0.1, -0.05) is 53.7 Å². The average Bonchev–Trinajstić information content (AvgIpc) is 2.57. The average molecular weight is 429 g/mol. The van der Waals surface area contributed by atoms with Crippen LogP contribution in [0.1, 0.15) is 76.0 Å². The molecule has 8 heteroatoms. The van der Waals surface area contributed by atoms with Crippen molar-refractivity contribution < 1.29 is 30.9 Å². The van der Waals surface area contributed by atoms with Gasteiger partial charge in [0.15, 0.2) is 23.2 Å². The second kappa shape index (κ2) is 8.36. The molecule has 2 rings (SSSR count). The Labute approximate surface area is 169 Å². The van der Waals surface area contributed by atoms with Crippen LogP contribution in [0, 0.1) is 17.5 Å². The summed E-state index contributed by atoms with van der Waals surface area (Å²) in [5.41, 5.74) is 2.43. The molecule has 0 aliphatic rings. The summed E-state index contributed by atoms with van der Waals surface area (Å²) in [7, 11) is -5.59. The van der Waals surface area contributed by atoms with Gasteiger partial charge in [0.2, 0.25) is 0 Å². The highest BCUT2D eigenvalue weighted by Gasteiger charge is 2.27. The van der Waals surface area contributed by atoms with E-state index in [9.17, 15) is 26.1 Å². The monoisotopic (exact) mass is 429 g/mol. The summed E-state index contributed by atoms with van der Waals surface area (Å²) in [4.78, 5) is -1.89. The maximum Gasteiger partial charge on any atom is 0.186 e. The standard InChI is InChI=1S/C21H25F3O4S/c1-10(2)13-7-14(11(3)4)20(15(8-13)12(5)6)28-17-9-16(22)18(23)21(19(17)24)29(25,26)27/h7-12H,1-6H3,(H,25,26,27)/p-1. The molecule has 0 unspecified atom stereocenters. The molecule has 0 aromatic heterocycles. The van der Waals surface area contributed by atoms with Crippen LogP contribution in [0.25, 0.3) is 0 Å². The quantitative estimate of drug-likeness (QED) is 0.407. The van der Waals surface area contributed by atoms with E-state index in [1.807, 2.05) is 53.7 Å². The molecule has 0 saturated carbocycles. The Balaban J connectivity index is 2.79. The van der Waals surface area contributed by atoms with Crippen LogP contribution in [-0.2, 0) is 10.1 Å². The Hall–Kier alpha value is -2.06. The number of benzene rings is 2. The minimum absolute atomic E-state index is 0.0581. The Kier molecular flexibility index (Phi) is 6.69. The van der Waals surface area contributed by atoms with E-state index in [0.717, 1.165) is 5.56 Å². The number of hydrogen-bond donors (Lipinski definition) is 0. The molecule has 0 fully saturated rings. The van der Waals surface area contributed by atoms with Gasteiger partial charge < -0.3 is 9.29 Å². The number of rotatable bonds is 6. The van der Waals surface area contributed by atoms with Crippen LogP contribution < -0.4 is 4.74 Å². The van der Waals surface area contributed by atoms with E-state index >= 15 is 0 Å². The van der Waals surface area contributed by atoms with Gasteiger partial charge in [-0.05, 0) is 34.4 Å². The lowest BCUT2D eigenvalue weighted by Gasteiger charge is -2.23. The van der Waals surface area contributed by atoms with Crippen molar-refractivity contribution in [2.75, 3.05) is 0 Å². The first-order valence-corrected chi connectivity index (χ1v) is 10.6. The third-order valence-electron chi connectivity index (χ3n) is 4.62. The molecule has 0 radical (unpaired) electrons. The lowest BCUT2D eigenvalue weighted by molar-refractivity contribution is 0.383. The summed E-state index contributed by atoms with van der Waals surface area (Å²) in [5, 5.41) is 0. The summed E-state index contributed by atoms with van der Waals surface area (Å²) >= 11 is 0. The largest absolute Gasteiger partial charge is 0.744 e. The first-order chi connectivity index (χ1) is 13.3. The van der Waals surface area contributed by atoms with E-state index in [1.54, 1.807) is 0 Å². The maximum atomic E-state index is 14.7. The smallest absolute Gasteiger partial charge is 0.186 e. The van der Waals surface area contributed by atoms with Crippen molar-refractivity contribution in [1.82, 2.24) is 0 Å². The van der Waals surface area contributed by atoms with Gasteiger partial charge in [-0.2, -0.15) is 0 Å². The van der Waals surface area contributed by atoms with Gasteiger partial charge in [-0.15, -0.1) is 0 Å². The molecule has 2 aromatic rings. The lowest BCUT2D eigenvalue weighted by Crippen LogP contribution is -2.10. The molecule has 0 bridgehead atoms. The first kappa shape index (κ1) is 23.2. The van der Waals surface area contributed by atoms with E-state index in [4.69, 9.17) is 4.74 Å². The van der Waals surface area contributed by atoms with Crippen LogP contribution in [0.2, 0.25) is 0 Å². The van der Waals surface area contributed by atoms with Gasteiger partial charge in [0.25, 0.3) is 0 Å². The zero-order valence-corrected chi connectivity index (χ0v) is 18.0. The summed E-state index contributed by atoms with van der Waals surface area (Å²) in [6, 6.07) is 4.18. The summed E-state index contributed by atoms with van der Waals surface area (Å²) in [6.45, 7) is 11.6. The van der Waals surface area contributed by atoms with Crippen LogP contribution in [0.5, 0.6) is 11.5 Å². The van der Waals surface area contributed by atoms with Gasteiger partial charge in [-0.25, -0.2) is 21.6 Å². The second-order valence-electron chi connectivity index (χ2n) is 7.86. The highest BCUT2D eigenvalue weighted by atomic mass is 32.2. The van der Waals surface area contributed by atoms with Crippen molar-refractivity contribution in [3.05, 3.63) is 52.3 Å². The molecule has 0 spiro atoms. The van der Waals surface area contributed by atoms with Gasteiger partial charge in [-0.3, -0.25) is 0 Å². The number of ether oxygens (including phenoxy) is 1. The molecule has 2 aromatic carbocycles. The predicted octanol–water partition coefficient (Wildman–Crippen LogP) is 6.17. The Bertz CT molecular complexity index is 1000. The zero-order chi connectivity index (χ0) is 22.3. The van der Waals surface area contributed by atoms with E-state index in [1.165, 1.54) is 0 Å². The zero-order valence-electron chi connectivity index (χ0n) is 17.1. The molecule has 160 valence electrons.